The monoisotopic (exact) mass is 362 g/mol. The highest BCUT2D eigenvalue weighted by Crippen LogP contribution is 2.25. The number of nitrogens with two attached hydrogens (primary N) is 3. The van der Waals surface area contributed by atoms with E-state index >= 15 is 0 Å². The first-order chi connectivity index (χ1) is 12.2. The van der Waals surface area contributed by atoms with Gasteiger partial charge in [-0.1, -0.05) is 12.1 Å². The molecule has 0 aromatic heterocycles. The van der Waals surface area contributed by atoms with Crippen LogP contribution in [0.5, 0.6) is 0 Å². The minimum absolute atomic E-state index is 0.00157. The molecule has 0 atom stereocenters. The molecule has 2 rings (SSSR count). The van der Waals surface area contributed by atoms with Gasteiger partial charge in [-0.15, -0.1) is 0 Å². The van der Waals surface area contributed by atoms with Gasteiger partial charge in [0.2, 0.25) is 0 Å². The first-order valence-electron chi connectivity index (χ1n) is 7.08. The number of nitro groups is 1. The molecule has 138 valence electrons. The number of hydrogen-bond acceptors (Lipinski definition) is 9. The number of para-hydroxylation sites is 2. The van der Waals surface area contributed by atoms with Crippen LogP contribution >= 0.6 is 0 Å². The molecular weight excluding hydrogens is 344 g/mol. The quantitative estimate of drug-likeness (QED) is 0.317. The third-order valence-corrected chi connectivity index (χ3v) is 3.23. The van der Waals surface area contributed by atoms with Crippen LogP contribution in [0.3, 0.4) is 0 Å². The van der Waals surface area contributed by atoms with E-state index in [1.54, 1.807) is 18.2 Å². The molecule has 10 heteroatoms. The Balaban J connectivity index is 0.000000263. The first kappa shape index (κ1) is 20.2. The van der Waals surface area contributed by atoms with Crippen LogP contribution in [0.1, 0.15) is 20.7 Å². The number of ether oxygens (including phenoxy) is 2. The Morgan fingerprint density at radius 2 is 1.35 bits per heavy atom. The molecule has 0 spiro atoms. The molecule has 0 fully saturated rings. The number of nitro benzene ring substituents is 1. The molecule has 0 bridgehead atoms. The average molecular weight is 362 g/mol. The maximum absolute atomic E-state index is 11.1. The zero-order valence-electron chi connectivity index (χ0n) is 14.1. The Kier molecular flexibility index (Phi) is 6.90. The largest absolute Gasteiger partial charge is 0.465 e. The summed E-state index contributed by atoms with van der Waals surface area (Å²) < 4.78 is 8.91. The third kappa shape index (κ3) is 4.60. The summed E-state index contributed by atoms with van der Waals surface area (Å²) in [6.07, 6.45) is 0. The van der Waals surface area contributed by atoms with E-state index in [0.717, 1.165) is 0 Å². The lowest BCUT2D eigenvalue weighted by atomic mass is 10.1. The summed E-state index contributed by atoms with van der Waals surface area (Å²) in [6.45, 7) is 0. The molecule has 6 N–H and O–H groups in total. The Labute approximate surface area is 148 Å². The molecule has 0 saturated heterocycles. The van der Waals surface area contributed by atoms with E-state index in [-0.39, 0.29) is 22.6 Å². The van der Waals surface area contributed by atoms with E-state index in [9.17, 15) is 19.7 Å². The van der Waals surface area contributed by atoms with E-state index in [4.69, 9.17) is 17.2 Å². The number of methoxy groups -OCH3 is 2. The van der Waals surface area contributed by atoms with Crippen molar-refractivity contribution in [3.63, 3.8) is 0 Å². The summed E-state index contributed by atoms with van der Waals surface area (Å²) in [6, 6.07) is 8.81. The van der Waals surface area contributed by atoms with Gasteiger partial charge in [-0.05, 0) is 18.2 Å². The summed E-state index contributed by atoms with van der Waals surface area (Å²) >= 11 is 0. The fraction of sp³-hybridized carbons (Fsp3) is 0.125. The van der Waals surface area contributed by atoms with Crippen molar-refractivity contribution in [3.8, 4) is 0 Å². The second-order valence-corrected chi connectivity index (χ2v) is 4.79. The number of carbonyl (C=O) groups is 2. The summed E-state index contributed by atoms with van der Waals surface area (Å²) in [5, 5.41) is 10.5. The van der Waals surface area contributed by atoms with Crippen molar-refractivity contribution in [2.24, 2.45) is 0 Å². The molecule has 26 heavy (non-hydrogen) atoms. The number of benzene rings is 2. The van der Waals surface area contributed by atoms with Crippen LogP contribution in [-0.4, -0.2) is 31.1 Å². The fourth-order valence-corrected chi connectivity index (χ4v) is 1.87. The van der Waals surface area contributed by atoms with E-state index < -0.39 is 16.9 Å². The molecule has 0 amide bonds. The maximum Gasteiger partial charge on any atom is 0.340 e. The van der Waals surface area contributed by atoms with Crippen LogP contribution in [0, 0.1) is 10.1 Å². The van der Waals surface area contributed by atoms with Gasteiger partial charge < -0.3 is 26.7 Å². The smallest absolute Gasteiger partial charge is 0.340 e. The second kappa shape index (κ2) is 8.87. The Bertz CT molecular complexity index is 837. The van der Waals surface area contributed by atoms with Crippen LogP contribution in [-0.2, 0) is 9.47 Å². The maximum atomic E-state index is 11.1. The zero-order chi connectivity index (χ0) is 19.9. The number of rotatable bonds is 3. The number of nitrogens with zero attached hydrogens (tertiary/aromatic N) is 1. The molecule has 0 saturated carbocycles. The lowest BCUT2D eigenvalue weighted by Crippen LogP contribution is -2.07. The van der Waals surface area contributed by atoms with Crippen LogP contribution in [0.4, 0.5) is 22.7 Å². The molecule has 10 nitrogen and oxygen atoms in total. The first-order valence-corrected chi connectivity index (χ1v) is 7.08. The zero-order valence-corrected chi connectivity index (χ0v) is 14.1. The summed E-state index contributed by atoms with van der Waals surface area (Å²) in [4.78, 5) is 31.9. The average Bonchev–Trinajstić information content (AvgIpc) is 2.63. The molecule has 0 unspecified atom stereocenters. The van der Waals surface area contributed by atoms with E-state index in [1.807, 2.05) is 0 Å². The minimum atomic E-state index is -0.689. The number of esters is 2. The Hall–Kier alpha value is -3.82. The number of anilines is 3. The SMILES string of the molecule is COC(=O)c1cccc(N)c1N.COC(=O)c1cccc([N+](=O)[O-])c1N. The molecule has 2 aromatic carbocycles. The van der Waals surface area contributed by atoms with E-state index in [1.165, 1.54) is 32.4 Å². The van der Waals surface area contributed by atoms with Crippen LogP contribution in [0.2, 0.25) is 0 Å². The van der Waals surface area contributed by atoms with Crippen molar-refractivity contribution in [1.82, 2.24) is 0 Å². The highest BCUT2D eigenvalue weighted by atomic mass is 16.6. The highest BCUT2D eigenvalue weighted by Gasteiger charge is 2.18. The van der Waals surface area contributed by atoms with Crippen LogP contribution in [0.25, 0.3) is 0 Å². The normalized spacial score (nSPS) is 9.46. The van der Waals surface area contributed by atoms with E-state index in [2.05, 4.69) is 9.47 Å². The van der Waals surface area contributed by atoms with Gasteiger partial charge in [0, 0.05) is 6.07 Å². The van der Waals surface area contributed by atoms with Crippen molar-refractivity contribution < 1.29 is 24.0 Å². The van der Waals surface area contributed by atoms with Crippen molar-refractivity contribution in [2.75, 3.05) is 31.4 Å². The van der Waals surface area contributed by atoms with Crippen molar-refractivity contribution >= 4 is 34.7 Å². The van der Waals surface area contributed by atoms with Gasteiger partial charge in [0.1, 0.15) is 5.69 Å². The Morgan fingerprint density at radius 1 is 0.885 bits per heavy atom. The van der Waals surface area contributed by atoms with Crippen molar-refractivity contribution in [2.45, 2.75) is 0 Å². The molecular formula is C16H18N4O6. The molecule has 0 heterocycles. The highest BCUT2D eigenvalue weighted by molar-refractivity contribution is 5.98. The Morgan fingerprint density at radius 3 is 1.81 bits per heavy atom. The summed E-state index contributed by atoms with van der Waals surface area (Å²) in [7, 11) is 2.48. The summed E-state index contributed by atoms with van der Waals surface area (Å²) in [5.74, 6) is -1.16. The molecule has 0 aliphatic carbocycles. The predicted molar refractivity (Wildman–Crippen MR) is 95.5 cm³/mol. The van der Waals surface area contributed by atoms with Gasteiger partial charge in [0.05, 0.1) is 41.6 Å². The number of hydrogen-bond donors (Lipinski definition) is 3. The molecule has 0 radical (unpaired) electrons. The van der Waals surface area contributed by atoms with Gasteiger partial charge in [0.15, 0.2) is 0 Å². The van der Waals surface area contributed by atoms with Gasteiger partial charge in [-0.25, -0.2) is 9.59 Å². The van der Waals surface area contributed by atoms with Gasteiger partial charge in [0.25, 0.3) is 5.69 Å². The lowest BCUT2D eigenvalue weighted by molar-refractivity contribution is -0.383. The van der Waals surface area contributed by atoms with Gasteiger partial charge in [-0.3, -0.25) is 10.1 Å². The van der Waals surface area contributed by atoms with Gasteiger partial charge >= 0.3 is 11.9 Å². The minimum Gasteiger partial charge on any atom is -0.465 e. The van der Waals surface area contributed by atoms with Crippen LogP contribution in [0.15, 0.2) is 36.4 Å². The van der Waals surface area contributed by atoms with Crippen LogP contribution < -0.4 is 17.2 Å². The topological polar surface area (TPSA) is 174 Å². The predicted octanol–water partition coefficient (Wildman–Crippen LogP) is 1.60. The lowest BCUT2D eigenvalue weighted by Gasteiger charge is -2.04. The second-order valence-electron chi connectivity index (χ2n) is 4.79. The molecule has 2 aromatic rings. The summed E-state index contributed by atoms with van der Waals surface area (Å²) in [5.41, 5.74) is 16.9. The fourth-order valence-electron chi connectivity index (χ4n) is 1.87. The molecule has 0 aliphatic rings. The van der Waals surface area contributed by atoms with Gasteiger partial charge in [-0.2, -0.15) is 0 Å². The number of carbonyl (C=O) groups excluding carboxylic acids is 2. The number of nitrogen functional groups attached to an aromatic ring is 3. The molecule has 0 aliphatic heterocycles. The third-order valence-electron chi connectivity index (χ3n) is 3.23. The van der Waals surface area contributed by atoms with Crippen molar-refractivity contribution in [3.05, 3.63) is 57.6 Å². The standard InChI is InChI=1S/C8H8N2O4.C8H10N2O2/c1-14-8(11)5-3-2-4-6(7(5)9)10(12)13;1-12-8(11)5-3-2-4-6(9)7(5)10/h2-4H,9H2,1H3;2-4H,9-10H2,1H3. The van der Waals surface area contributed by atoms with Crippen molar-refractivity contribution in [1.29, 1.82) is 0 Å². The van der Waals surface area contributed by atoms with E-state index in [0.29, 0.717) is 11.3 Å².